The van der Waals surface area contributed by atoms with Gasteiger partial charge in [0.2, 0.25) is 0 Å². The van der Waals surface area contributed by atoms with E-state index < -0.39 is 34.9 Å². The number of rotatable bonds is 3. The van der Waals surface area contributed by atoms with Gasteiger partial charge in [0.25, 0.3) is 0 Å². The number of cyclic esters (lactones) is 1. The minimum atomic E-state index is -1.35. The average molecular weight is 324 g/mol. The lowest BCUT2D eigenvalue weighted by molar-refractivity contribution is -0.157. The van der Waals surface area contributed by atoms with Crippen molar-refractivity contribution in [3.63, 3.8) is 0 Å². The largest absolute Gasteiger partial charge is 0.466 e. The third-order valence-electron chi connectivity index (χ3n) is 4.95. The molecule has 1 N–H and O–H groups in total. The van der Waals surface area contributed by atoms with E-state index >= 15 is 0 Å². The van der Waals surface area contributed by atoms with Gasteiger partial charge in [-0.05, 0) is 38.6 Å². The van der Waals surface area contributed by atoms with Gasteiger partial charge in [0.15, 0.2) is 0 Å². The van der Waals surface area contributed by atoms with Gasteiger partial charge in [0.1, 0.15) is 11.2 Å². The highest BCUT2D eigenvalue weighted by atomic mass is 32.1. The van der Waals surface area contributed by atoms with E-state index in [1.165, 1.54) is 11.3 Å². The summed E-state index contributed by atoms with van der Waals surface area (Å²) in [5.74, 6) is -2.43. The molecule has 1 aromatic heterocycles. The van der Waals surface area contributed by atoms with Gasteiger partial charge in [0, 0.05) is 10.8 Å². The van der Waals surface area contributed by atoms with E-state index in [0.717, 1.165) is 4.88 Å². The molecule has 1 saturated carbocycles. The maximum absolute atomic E-state index is 12.4. The molecular formula is C16H20O5S. The van der Waals surface area contributed by atoms with E-state index in [9.17, 15) is 14.7 Å². The summed E-state index contributed by atoms with van der Waals surface area (Å²) in [7, 11) is 0. The van der Waals surface area contributed by atoms with Gasteiger partial charge in [0.05, 0.1) is 18.4 Å². The number of esters is 2. The summed E-state index contributed by atoms with van der Waals surface area (Å²) < 4.78 is 10.6. The molecule has 2 fully saturated rings. The van der Waals surface area contributed by atoms with Crippen LogP contribution < -0.4 is 0 Å². The molecule has 0 aromatic carbocycles. The summed E-state index contributed by atoms with van der Waals surface area (Å²) >= 11 is 1.48. The summed E-state index contributed by atoms with van der Waals surface area (Å²) in [5.41, 5.74) is -2.36. The van der Waals surface area contributed by atoms with Crippen molar-refractivity contribution in [2.45, 2.75) is 44.3 Å². The minimum Gasteiger partial charge on any atom is -0.466 e. The van der Waals surface area contributed by atoms with Crippen LogP contribution in [0.1, 0.15) is 38.0 Å². The fraction of sp³-hybridized carbons (Fsp3) is 0.625. The van der Waals surface area contributed by atoms with Crippen molar-refractivity contribution in [2.24, 2.45) is 11.8 Å². The summed E-state index contributed by atoms with van der Waals surface area (Å²) in [4.78, 5) is 25.7. The molecule has 22 heavy (non-hydrogen) atoms. The number of aliphatic hydroxyl groups is 1. The lowest BCUT2D eigenvalue weighted by Crippen LogP contribution is -2.48. The molecule has 1 aliphatic heterocycles. The van der Waals surface area contributed by atoms with Crippen LogP contribution in [-0.4, -0.2) is 34.9 Å². The first-order valence-electron chi connectivity index (χ1n) is 7.47. The van der Waals surface area contributed by atoms with Crippen molar-refractivity contribution >= 4 is 23.3 Å². The predicted octanol–water partition coefficient (Wildman–Crippen LogP) is 2.10. The Morgan fingerprint density at radius 3 is 2.86 bits per heavy atom. The number of fused-ring (bicyclic) bond motifs is 1. The van der Waals surface area contributed by atoms with Gasteiger partial charge in [-0.15, -0.1) is 11.3 Å². The molecule has 2 heterocycles. The van der Waals surface area contributed by atoms with Crippen LogP contribution in [0.2, 0.25) is 0 Å². The molecule has 0 radical (unpaired) electrons. The first-order valence-corrected chi connectivity index (χ1v) is 8.35. The van der Waals surface area contributed by atoms with E-state index in [-0.39, 0.29) is 19.0 Å². The summed E-state index contributed by atoms with van der Waals surface area (Å²) in [5, 5.41) is 13.0. The second-order valence-corrected chi connectivity index (χ2v) is 7.42. The fourth-order valence-corrected chi connectivity index (χ4v) is 4.74. The van der Waals surface area contributed by atoms with Crippen molar-refractivity contribution in [1.82, 2.24) is 0 Å². The first-order chi connectivity index (χ1) is 10.3. The van der Waals surface area contributed by atoms with Crippen LogP contribution in [0.4, 0.5) is 0 Å². The van der Waals surface area contributed by atoms with Gasteiger partial charge >= 0.3 is 11.9 Å². The van der Waals surface area contributed by atoms with Gasteiger partial charge in [-0.3, -0.25) is 9.59 Å². The second kappa shape index (κ2) is 5.06. The number of ether oxygens (including phenoxy) is 2. The van der Waals surface area contributed by atoms with Crippen LogP contribution in [-0.2, 0) is 19.1 Å². The zero-order valence-electron chi connectivity index (χ0n) is 12.9. The molecule has 1 aromatic rings. The summed E-state index contributed by atoms with van der Waals surface area (Å²) in [6.07, 6.45) is 0.178. The molecule has 0 spiro atoms. The van der Waals surface area contributed by atoms with E-state index in [1.807, 2.05) is 17.5 Å². The Kier molecular flexibility index (Phi) is 3.57. The maximum atomic E-state index is 12.4. The van der Waals surface area contributed by atoms with E-state index in [4.69, 9.17) is 9.47 Å². The number of thiophene rings is 1. The Morgan fingerprint density at radius 2 is 2.27 bits per heavy atom. The van der Waals surface area contributed by atoms with Gasteiger partial charge in [-0.2, -0.15) is 0 Å². The van der Waals surface area contributed by atoms with Gasteiger partial charge < -0.3 is 14.6 Å². The maximum Gasteiger partial charge on any atom is 0.313 e. The number of hydrogen-bond donors (Lipinski definition) is 1. The van der Waals surface area contributed by atoms with E-state index in [0.29, 0.717) is 0 Å². The summed E-state index contributed by atoms with van der Waals surface area (Å²) in [6, 6.07) is 3.77. The van der Waals surface area contributed by atoms with Gasteiger partial charge in [-0.25, -0.2) is 0 Å². The highest BCUT2D eigenvalue weighted by Gasteiger charge is 2.71. The van der Waals surface area contributed by atoms with Crippen molar-refractivity contribution in [2.75, 3.05) is 6.61 Å². The normalized spacial score (nSPS) is 36.0. The van der Waals surface area contributed by atoms with Crippen molar-refractivity contribution in [3.05, 3.63) is 22.4 Å². The Morgan fingerprint density at radius 1 is 1.55 bits per heavy atom. The van der Waals surface area contributed by atoms with Crippen molar-refractivity contribution < 1.29 is 24.2 Å². The summed E-state index contributed by atoms with van der Waals surface area (Å²) in [6.45, 7) is 5.43. The highest BCUT2D eigenvalue weighted by Crippen LogP contribution is 2.59. The topological polar surface area (TPSA) is 72.8 Å². The number of carbonyl (C=O) groups is 2. The van der Waals surface area contributed by atoms with Gasteiger partial charge in [-0.1, -0.05) is 6.07 Å². The molecule has 0 bridgehead atoms. The number of hydrogen-bond acceptors (Lipinski definition) is 6. The molecule has 1 aliphatic carbocycles. The predicted molar refractivity (Wildman–Crippen MR) is 80.4 cm³/mol. The van der Waals surface area contributed by atoms with Crippen molar-refractivity contribution in [1.29, 1.82) is 0 Å². The van der Waals surface area contributed by atoms with Crippen LogP contribution in [0.15, 0.2) is 17.5 Å². The lowest BCUT2D eigenvalue weighted by Gasteiger charge is -2.33. The molecule has 2 aliphatic rings. The molecule has 5 nitrogen and oxygen atoms in total. The standard InChI is InChI=1S/C16H20O5S/c1-4-20-13(17)9-8-16(19)12(14(18)21-15(16,2)3)11(9)10-6-5-7-22-10/h5-7,9,11-12,19H,4,8H2,1-3H3/t9-,11+,12-,16+/m1/s1. The van der Waals surface area contributed by atoms with Crippen LogP contribution in [0.25, 0.3) is 0 Å². The zero-order chi connectivity index (χ0) is 16.1. The smallest absolute Gasteiger partial charge is 0.313 e. The monoisotopic (exact) mass is 324 g/mol. The highest BCUT2D eigenvalue weighted by molar-refractivity contribution is 7.10. The SMILES string of the molecule is CCOC(=O)[C@@H]1C[C@]2(O)[C@@H](C(=O)OC2(C)C)[C@@H]1c1cccs1. The molecule has 120 valence electrons. The molecule has 0 unspecified atom stereocenters. The van der Waals surface area contributed by atoms with E-state index in [1.54, 1.807) is 20.8 Å². The lowest BCUT2D eigenvalue weighted by atomic mass is 9.78. The molecule has 1 saturated heterocycles. The quantitative estimate of drug-likeness (QED) is 0.862. The third-order valence-corrected chi connectivity index (χ3v) is 5.93. The molecule has 4 atom stereocenters. The van der Waals surface area contributed by atoms with Crippen LogP contribution in [0.5, 0.6) is 0 Å². The molecular weight excluding hydrogens is 304 g/mol. The van der Waals surface area contributed by atoms with Crippen molar-refractivity contribution in [3.8, 4) is 0 Å². The zero-order valence-corrected chi connectivity index (χ0v) is 13.7. The van der Waals surface area contributed by atoms with Crippen LogP contribution in [0, 0.1) is 11.8 Å². The number of carbonyl (C=O) groups excluding carboxylic acids is 2. The van der Waals surface area contributed by atoms with Crippen LogP contribution >= 0.6 is 11.3 Å². The fourth-order valence-electron chi connectivity index (χ4n) is 3.81. The molecule has 6 heteroatoms. The molecule has 3 rings (SSSR count). The Labute approximate surface area is 133 Å². The average Bonchev–Trinajstić information content (AvgIpc) is 3.07. The Hall–Kier alpha value is -1.40. The van der Waals surface area contributed by atoms with Crippen LogP contribution in [0.3, 0.4) is 0 Å². The first kappa shape index (κ1) is 15.5. The third kappa shape index (κ3) is 2.01. The Bertz CT molecular complexity index is 594. The molecule has 0 amide bonds. The second-order valence-electron chi connectivity index (χ2n) is 6.44. The van der Waals surface area contributed by atoms with E-state index in [2.05, 4.69) is 0 Å². The minimum absolute atomic E-state index is 0.178. The Balaban J connectivity index is 2.06.